The second-order valence-corrected chi connectivity index (χ2v) is 6.72. The van der Waals surface area contributed by atoms with Gasteiger partial charge >= 0.3 is 0 Å². The van der Waals surface area contributed by atoms with Crippen LogP contribution in [0.4, 0.5) is 5.69 Å². The van der Waals surface area contributed by atoms with Gasteiger partial charge in [-0.2, -0.15) is 11.8 Å². The Hall–Kier alpha value is -0.710. The molecule has 0 saturated carbocycles. The monoisotopic (exact) mass is 278 g/mol. The minimum atomic E-state index is -0.501. The Balaban J connectivity index is 1.70. The Bertz CT molecular complexity index is 432. The zero-order chi connectivity index (χ0) is 13.1. The maximum atomic E-state index is 10.4. The van der Waals surface area contributed by atoms with Crippen LogP contribution in [0, 0.1) is 0 Å². The molecular weight excluding hydrogens is 256 g/mol. The standard InChI is InChI=1S/C15H22N2OS/c18-15(7-9-19-11-15)10-17-14-6-3-8-16-13-5-2-1-4-12(13)14/h1-2,4-5,14,16-18H,3,6-11H2/t14-,15-/m0/s1. The number of nitrogens with one attached hydrogen (secondary N) is 2. The third kappa shape index (κ3) is 3.07. The van der Waals surface area contributed by atoms with Crippen molar-refractivity contribution >= 4 is 17.4 Å². The Kier molecular flexibility index (Phi) is 4.01. The summed E-state index contributed by atoms with van der Waals surface area (Å²) in [6.07, 6.45) is 3.21. The smallest absolute Gasteiger partial charge is 0.0869 e. The number of aliphatic hydroxyl groups is 1. The van der Waals surface area contributed by atoms with E-state index in [2.05, 4.69) is 34.9 Å². The van der Waals surface area contributed by atoms with E-state index in [9.17, 15) is 5.11 Å². The molecule has 3 rings (SSSR count). The van der Waals surface area contributed by atoms with Gasteiger partial charge in [-0.1, -0.05) is 18.2 Å². The molecule has 0 aromatic heterocycles. The fourth-order valence-electron chi connectivity index (χ4n) is 2.91. The SMILES string of the molecule is O[C@]1(CN[C@H]2CCCNc3ccccc32)CCSC1. The van der Waals surface area contributed by atoms with Crippen molar-refractivity contribution in [2.45, 2.75) is 30.9 Å². The van der Waals surface area contributed by atoms with Crippen LogP contribution in [0.15, 0.2) is 24.3 Å². The number of thioether (sulfide) groups is 1. The lowest BCUT2D eigenvalue weighted by Gasteiger charge is -2.26. The summed E-state index contributed by atoms with van der Waals surface area (Å²) < 4.78 is 0. The van der Waals surface area contributed by atoms with Gasteiger partial charge in [-0.25, -0.2) is 0 Å². The molecule has 1 fully saturated rings. The quantitative estimate of drug-likeness (QED) is 0.794. The largest absolute Gasteiger partial charge is 0.388 e. The molecule has 0 aliphatic carbocycles. The molecule has 2 aliphatic heterocycles. The van der Waals surface area contributed by atoms with E-state index in [1.165, 1.54) is 17.7 Å². The lowest BCUT2D eigenvalue weighted by molar-refractivity contribution is 0.0642. The topological polar surface area (TPSA) is 44.3 Å². The molecule has 0 radical (unpaired) electrons. The van der Waals surface area contributed by atoms with Crippen molar-refractivity contribution in [1.29, 1.82) is 0 Å². The zero-order valence-electron chi connectivity index (χ0n) is 11.2. The fourth-order valence-corrected chi connectivity index (χ4v) is 4.20. The van der Waals surface area contributed by atoms with Crippen LogP contribution in [0.25, 0.3) is 0 Å². The van der Waals surface area contributed by atoms with Gasteiger partial charge in [0.1, 0.15) is 0 Å². The molecule has 3 N–H and O–H groups in total. The number of hydrogen-bond acceptors (Lipinski definition) is 4. The van der Waals surface area contributed by atoms with Crippen LogP contribution in [-0.2, 0) is 0 Å². The van der Waals surface area contributed by atoms with Crippen LogP contribution in [-0.4, -0.2) is 35.3 Å². The molecule has 1 aromatic carbocycles. The average molecular weight is 278 g/mol. The number of para-hydroxylation sites is 1. The second kappa shape index (κ2) is 5.73. The fraction of sp³-hybridized carbons (Fsp3) is 0.600. The van der Waals surface area contributed by atoms with E-state index in [1.54, 1.807) is 0 Å². The summed E-state index contributed by atoms with van der Waals surface area (Å²) in [4.78, 5) is 0. The van der Waals surface area contributed by atoms with Gasteiger partial charge in [0.25, 0.3) is 0 Å². The van der Waals surface area contributed by atoms with Crippen molar-refractivity contribution in [3.63, 3.8) is 0 Å². The Labute approximate surface area is 119 Å². The second-order valence-electron chi connectivity index (χ2n) is 5.62. The Morgan fingerprint density at radius 3 is 3.16 bits per heavy atom. The average Bonchev–Trinajstić information content (AvgIpc) is 2.75. The summed E-state index contributed by atoms with van der Waals surface area (Å²) in [6.45, 7) is 1.74. The molecule has 3 nitrogen and oxygen atoms in total. The third-order valence-electron chi connectivity index (χ3n) is 4.08. The molecule has 2 aliphatic rings. The van der Waals surface area contributed by atoms with Crippen molar-refractivity contribution in [2.24, 2.45) is 0 Å². The molecule has 2 heterocycles. The first-order valence-electron chi connectivity index (χ1n) is 7.13. The van der Waals surface area contributed by atoms with Crippen molar-refractivity contribution in [1.82, 2.24) is 5.32 Å². The predicted molar refractivity (Wildman–Crippen MR) is 81.8 cm³/mol. The normalized spacial score (nSPS) is 30.5. The minimum Gasteiger partial charge on any atom is -0.388 e. The van der Waals surface area contributed by atoms with Gasteiger partial charge in [0.2, 0.25) is 0 Å². The first-order chi connectivity index (χ1) is 9.27. The summed E-state index contributed by atoms with van der Waals surface area (Å²) in [5.74, 6) is 1.95. The molecule has 0 amide bonds. The highest BCUT2D eigenvalue weighted by Crippen LogP contribution is 2.31. The molecular formula is C15H22N2OS. The van der Waals surface area contributed by atoms with Crippen molar-refractivity contribution in [2.75, 3.05) is 29.9 Å². The Morgan fingerprint density at radius 2 is 2.32 bits per heavy atom. The van der Waals surface area contributed by atoms with Gasteiger partial charge in [-0.15, -0.1) is 0 Å². The summed E-state index contributed by atoms with van der Waals surface area (Å²) in [5, 5.41) is 17.5. The number of anilines is 1. The molecule has 2 atom stereocenters. The Morgan fingerprint density at radius 1 is 1.42 bits per heavy atom. The van der Waals surface area contributed by atoms with Crippen LogP contribution < -0.4 is 10.6 Å². The predicted octanol–water partition coefficient (Wildman–Crippen LogP) is 2.39. The molecule has 19 heavy (non-hydrogen) atoms. The molecule has 1 saturated heterocycles. The first-order valence-corrected chi connectivity index (χ1v) is 8.29. The van der Waals surface area contributed by atoms with Crippen LogP contribution in [0.5, 0.6) is 0 Å². The highest BCUT2D eigenvalue weighted by atomic mass is 32.2. The molecule has 0 unspecified atom stereocenters. The zero-order valence-corrected chi connectivity index (χ0v) is 12.0. The van der Waals surface area contributed by atoms with Gasteiger partial charge in [0, 0.05) is 30.6 Å². The number of benzene rings is 1. The van der Waals surface area contributed by atoms with Gasteiger partial charge < -0.3 is 15.7 Å². The first kappa shape index (κ1) is 13.3. The number of hydrogen-bond donors (Lipinski definition) is 3. The van der Waals surface area contributed by atoms with Crippen molar-refractivity contribution in [3.05, 3.63) is 29.8 Å². The van der Waals surface area contributed by atoms with Gasteiger partial charge in [-0.3, -0.25) is 0 Å². The lowest BCUT2D eigenvalue weighted by atomic mass is 9.99. The van der Waals surface area contributed by atoms with E-state index in [1.807, 2.05) is 11.8 Å². The summed E-state index contributed by atoms with van der Waals surface area (Å²) >= 11 is 1.86. The van der Waals surface area contributed by atoms with E-state index in [0.717, 1.165) is 30.9 Å². The van der Waals surface area contributed by atoms with Gasteiger partial charge in [0.15, 0.2) is 0 Å². The highest BCUT2D eigenvalue weighted by molar-refractivity contribution is 7.99. The van der Waals surface area contributed by atoms with E-state index >= 15 is 0 Å². The highest BCUT2D eigenvalue weighted by Gasteiger charge is 2.32. The van der Waals surface area contributed by atoms with E-state index in [0.29, 0.717) is 12.6 Å². The molecule has 0 spiro atoms. The molecule has 104 valence electrons. The lowest BCUT2D eigenvalue weighted by Crippen LogP contribution is -2.41. The van der Waals surface area contributed by atoms with Crippen molar-refractivity contribution < 1.29 is 5.11 Å². The molecule has 0 bridgehead atoms. The minimum absolute atomic E-state index is 0.362. The number of fused-ring (bicyclic) bond motifs is 1. The molecule has 1 aromatic rings. The van der Waals surface area contributed by atoms with E-state index in [-0.39, 0.29) is 0 Å². The summed E-state index contributed by atoms with van der Waals surface area (Å²) in [6, 6.07) is 8.88. The van der Waals surface area contributed by atoms with Crippen LogP contribution in [0.1, 0.15) is 30.9 Å². The van der Waals surface area contributed by atoms with Crippen LogP contribution in [0.3, 0.4) is 0 Å². The summed E-state index contributed by atoms with van der Waals surface area (Å²) in [7, 11) is 0. The van der Waals surface area contributed by atoms with E-state index in [4.69, 9.17) is 0 Å². The third-order valence-corrected chi connectivity index (χ3v) is 5.32. The van der Waals surface area contributed by atoms with Gasteiger partial charge in [-0.05, 0) is 36.6 Å². The summed E-state index contributed by atoms with van der Waals surface area (Å²) in [5.41, 5.74) is 2.08. The number of rotatable bonds is 3. The van der Waals surface area contributed by atoms with E-state index < -0.39 is 5.60 Å². The van der Waals surface area contributed by atoms with Crippen molar-refractivity contribution in [3.8, 4) is 0 Å². The maximum Gasteiger partial charge on any atom is 0.0869 e. The van der Waals surface area contributed by atoms with Crippen LogP contribution in [0.2, 0.25) is 0 Å². The maximum absolute atomic E-state index is 10.4. The van der Waals surface area contributed by atoms with Gasteiger partial charge in [0.05, 0.1) is 5.60 Å². The molecule has 4 heteroatoms. The van der Waals surface area contributed by atoms with Crippen LogP contribution >= 0.6 is 11.8 Å².